The van der Waals surface area contributed by atoms with Crippen molar-refractivity contribution in [2.24, 2.45) is 0 Å². The first-order valence-electron chi connectivity index (χ1n) is 8.63. The standard InChI is InChI=1S/C20H19FN2O4S/c1-23(11-13-5-4-6-14(21)9-13)18(24)12-27-19(25)10-17-20(26)22-15-7-2-3-8-16(15)28-17/h2-9,17H,10-12H2,1H3,(H,22,26)/t17-/m1/s1. The van der Waals surface area contributed by atoms with E-state index in [-0.39, 0.29) is 24.7 Å². The second kappa shape index (κ2) is 8.88. The van der Waals surface area contributed by atoms with Crippen LogP contribution in [0.3, 0.4) is 0 Å². The monoisotopic (exact) mass is 402 g/mol. The molecule has 2 aromatic carbocycles. The van der Waals surface area contributed by atoms with Crippen LogP contribution in [0.2, 0.25) is 0 Å². The zero-order valence-electron chi connectivity index (χ0n) is 15.2. The summed E-state index contributed by atoms with van der Waals surface area (Å²) in [6.45, 7) is -0.230. The topological polar surface area (TPSA) is 75.7 Å². The van der Waals surface area contributed by atoms with E-state index in [4.69, 9.17) is 4.74 Å². The van der Waals surface area contributed by atoms with Gasteiger partial charge >= 0.3 is 5.97 Å². The second-order valence-corrected chi connectivity index (χ2v) is 7.58. The van der Waals surface area contributed by atoms with Crippen LogP contribution in [-0.2, 0) is 25.7 Å². The SMILES string of the molecule is CN(Cc1cccc(F)c1)C(=O)COC(=O)C[C@H]1Sc2ccccc2NC1=O. The van der Waals surface area contributed by atoms with Gasteiger partial charge in [-0.15, -0.1) is 11.8 Å². The molecule has 146 valence electrons. The van der Waals surface area contributed by atoms with Crippen LogP contribution in [0, 0.1) is 5.82 Å². The van der Waals surface area contributed by atoms with Crippen molar-refractivity contribution in [1.29, 1.82) is 0 Å². The molecular formula is C20H19FN2O4S. The molecule has 0 unspecified atom stereocenters. The second-order valence-electron chi connectivity index (χ2n) is 6.34. The van der Waals surface area contributed by atoms with Gasteiger partial charge < -0.3 is 15.0 Å². The number of fused-ring (bicyclic) bond motifs is 1. The van der Waals surface area contributed by atoms with E-state index >= 15 is 0 Å². The molecule has 2 aromatic rings. The normalized spacial score (nSPS) is 15.4. The first kappa shape index (κ1) is 19.9. The molecule has 1 N–H and O–H groups in total. The van der Waals surface area contributed by atoms with Gasteiger partial charge in [-0.1, -0.05) is 24.3 Å². The minimum atomic E-state index is -0.625. The molecule has 0 radical (unpaired) electrons. The largest absolute Gasteiger partial charge is 0.456 e. The molecule has 0 aromatic heterocycles. The number of ether oxygens (including phenoxy) is 1. The molecule has 6 nitrogen and oxygen atoms in total. The van der Waals surface area contributed by atoms with E-state index < -0.39 is 23.7 Å². The molecule has 1 atom stereocenters. The maximum absolute atomic E-state index is 13.2. The third-order valence-corrected chi connectivity index (χ3v) is 5.43. The van der Waals surface area contributed by atoms with Gasteiger partial charge in [-0.3, -0.25) is 14.4 Å². The van der Waals surface area contributed by atoms with Crippen molar-refractivity contribution in [3.8, 4) is 0 Å². The summed E-state index contributed by atoms with van der Waals surface area (Å²) in [7, 11) is 1.54. The van der Waals surface area contributed by atoms with Gasteiger partial charge in [0.05, 0.1) is 17.4 Å². The first-order chi connectivity index (χ1) is 13.4. The molecule has 2 amide bonds. The minimum Gasteiger partial charge on any atom is -0.456 e. The maximum Gasteiger partial charge on any atom is 0.307 e. The van der Waals surface area contributed by atoms with E-state index in [2.05, 4.69) is 5.32 Å². The van der Waals surface area contributed by atoms with Gasteiger partial charge in [-0.2, -0.15) is 0 Å². The number of esters is 1. The summed E-state index contributed by atoms with van der Waals surface area (Å²) in [5.74, 6) is -1.69. The van der Waals surface area contributed by atoms with Crippen molar-refractivity contribution in [2.45, 2.75) is 23.1 Å². The molecule has 28 heavy (non-hydrogen) atoms. The highest BCUT2D eigenvalue weighted by Crippen LogP contribution is 2.36. The highest BCUT2D eigenvalue weighted by atomic mass is 32.2. The van der Waals surface area contributed by atoms with Crippen molar-refractivity contribution in [2.75, 3.05) is 19.0 Å². The number of hydrogen-bond donors (Lipinski definition) is 1. The number of thioether (sulfide) groups is 1. The van der Waals surface area contributed by atoms with Crippen molar-refractivity contribution in [1.82, 2.24) is 4.90 Å². The maximum atomic E-state index is 13.2. The summed E-state index contributed by atoms with van der Waals surface area (Å²) in [6, 6.07) is 13.3. The van der Waals surface area contributed by atoms with Gasteiger partial charge in [0.15, 0.2) is 6.61 Å². The van der Waals surface area contributed by atoms with Crippen LogP contribution < -0.4 is 5.32 Å². The fraction of sp³-hybridized carbons (Fsp3) is 0.250. The van der Waals surface area contributed by atoms with Crippen molar-refractivity contribution in [3.05, 3.63) is 59.9 Å². The first-order valence-corrected chi connectivity index (χ1v) is 9.51. The lowest BCUT2D eigenvalue weighted by Crippen LogP contribution is -2.33. The Morgan fingerprint density at radius 1 is 1.21 bits per heavy atom. The lowest BCUT2D eigenvalue weighted by atomic mass is 10.2. The van der Waals surface area contributed by atoms with Crippen LogP contribution in [0.5, 0.6) is 0 Å². The number of anilines is 1. The molecule has 0 aliphatic carbocycles. The zero-order chi connectivity index (χ0) is 20.1. The average Bonchev–Trinajstić information content (AvgIpc) is 2.66. The van der Waals surface area contributed by atoms with Crippen molar-refractivity contribution < 1.29 is 23.5 Å². The molecule has 1 heterocycles. The van der Waals surface area contributed by atoms with E-state index in [1.165, 1.54) is 28.8 Å². The van der Waals surface area contributed by atoms with Crippen LogP contribution in [0.25, 0.3) is 0 Å². The average molecular weight is 402 g/mol. The molecule has 0 saturated heterocycles. The number of nitrogens with one attached hydrogen (secondary N) is 1. The van der Waals surface area contributed by atoms with Crippen LogP contribution in [0.4, 0.5) is 10.1 Å². The highest BCUT2D eigenvalue weighted by molar-refractivity contribution is 8.01. The van der Waals surface area contributed by atoms with E-state index in [1.54, 1.807) is 25.2 Å². The van der Waals surface area contributed by atoms with E-state index in [0.29, 0.717) is 5.56 Å². The fourth-order valence-electron chi connectivity index (χ4n) is 2.69. The Bertz CT molecular complexity index is 905. The Hall–Kier alpha value is -2.87. The Balaban J connectivity index is 1.47. The Morgan fingerprint density at radius 2 is 2.00 bits per heavy atom. The molecule has 0 saturated carbocycles. The van der Waals surface area contributed by atoms with Crippen LogP contribution in [0.1, 0.15) is 12.0 Å². The Kier molecular flexibility index (Phi) is 6.30. The molecule has 1 aliphatic heterocycles. The fourth-order valence-corrected chi connectivity index (χ4v) is 3.78. The summed E-state index contributed by atoms with van der Waals surface area (Å²) in [4.78, 5) is 38.5. The van der Waals surface area contributed by atoms with E-state index in [9.17, 15) is 18.8 Å². The highest BCUT2D eigenvalue weighted by Gasteiger charge is 2.29. The predicted molar refractivity (Wildman–Crippen MR) is 103 cm³/mol. The molecule has 0 spiro atoms. The summed E-state index contributed by atoms with van der Waals surface area (Å²) in [5.41, 5.74) is 1.35. The summed E-state index contributed by atoms with van der Waals surface area (Å²) >= 11 is 1.29. The van der Waals surface area contributed by atoms with Crippen LogP contribution in [-0.4, -0.2) is 41.6 Å². The molecule has 8 heteroatoms. The quantitative estimate of drug-likeness (QED) is 0.752. The molecular weight excluding hydrogens is 383 g/mol. The summed E-state index contributed by atoms with van der Waals surface area (Å²) < 4.78 is 18.2. The van der Waals surface area contributed by atoms with Crippen LogP contribution >= 0.6 is 11.8 Å². The number of likely N-dealkylation sites (N-methyl/N-ethyl adjacent to an activating group) is 1. The van der Waals surface area contributed by atoms with Gasteiger partial charge in [0.25, 0.3) is 5.91 Å². The van der Waals surface area contributed by atoms with Crippen molar-refractivity contribution >= 4 is 35.2 Å². The van der Waals surface area contributed by atoms with Gasteiger partial charge in [0, 0.05) is 18.5 Å². The summed E-state index contributed by atoms with van der Waals surface area (Å²) in [5, 5.41) is 2.15. The van der Waals surface area contributed by atoms with Gasteiger partial charge in [0.2, 0.25) is 5.91 Å². The van der Waals surface area contributed by atoms with Gasteiger partial charge in [-0.05, 0) is 29.8 Å². The molecule has 0 bridgehead atoms. The molecule has 0 fully saturated rings. The zero-order valence-corrected chi connectivity index (χ0v) is 16.0. The number of carbonyl (C=O) groups is 3. The van der Waals surface area contributed by atoms with Gasteiger partial charge in [-0.25, -0.2) is 4.39 Å². The Labute approximate surface area is 166 Å². The van der Waals surface area contributed by atoms with Crippen LogP contribution in [0.15, 0.2) is 53.4 Å². The predicted octanol–water partition coefficient (Wildman–Crippen LogP) is 2.83. The van der Waals surface area contributed by atoms with Crippen molar-refractivity contribution in [3.63, 3.8) is 0 Å². The van der Waals surface area contributed by atoms with E-state index in [0.717, 1.165) is 10.6 Å². The number of rotatable bonds is 6. The number of halogens is 1. The number of para-hydroxylation sites is 1. The number of hydrogen-bond acceptors (Lipinski definition) is 5. The number of amides is 2. The molecule has 1 aliphatic rings. The lowest BCUT2D eigenvalue weighted by Gasteiger charge is -2.23. The Morgan fingerprint density at radius 3 is 2.79 bits per heavy atom. The molecule has 3 rings (SSSR count). The third kappa shape index (κ3) is 5.10. The summed E-state index contributed by atoms with van der Waals surface area (Å²) in [6.07, 6.45) is -0.133. The number of nitrogens with zero attached hydrogens (tertiary/aromatic N) is 1. The minimum absolute atomic E-state index is 0.133. The number of carbonyl (C=O) groups excluding carboxylic acids is 3. The smallest absolute Gasteiger partial charge is 0.307 e. The van der Waals surface area contributed by atoms with E-state index in [1.807, 2.05) is 18.2 Å². The third-order valence-electron chi connectivity index (χ3n) is 4.15. The lowest BCUT2D eigenvalue weighted by molar-refractivity contribution is -0.152. The van der Waals surface area contributed by atoms with Gasteiger partial charge in [0.1, 0.15) is 5.82 Å². The number of benzene rings is 2.